The van der Waals surface area contributed by atoms with Gasteiger partial charge in [0, 0.05) is 23.6 Å². The van der Waals surface area contributed by atoms with E-state index in [0.29, 0.717) is 5.75 Å². The third-order valence-electron chi connectivity index (χ3n) is 4.97. The Kier molecular flexibility index (Phi) is 15.2. The van der Waals surface area contributed by atoms with Crippen LogP contribution < -0.4 is 4.72 Å². The number of hydrogen-bond acceptors (Lipinski definition) is 4. The van der Waals surface area contributed by atoms with E-state index in [9.17, 15) is 18.7 Å². The molecule has 2 atom stereocenters. The number of unbranched alkanes of at least 4 members (excludes halogenated alkanes) is 9. The average Bonchev–Trinajstić information content (AvgIpc) is 2.69. The van der Waals surface area contributed by atoms with Crippen LogP contribution >= 0.6 is 11.8 Å². The second-order valence-electron chi connectivity index (χ2n) is 7.35. The molecule has 0 saturated heterocycles. The molecule has 0 aliphatic carbocycles. The van der Waals surface area contributed by atoms with Gasteiger partial charge in [-0.2, -0.15) is 0 Å². The topological polar surface area (TPSA) is 89.5 Å². The van der Waals surface area contributed by atoms with Gasteiger partial charge in [0.25, 0.3) is 0 Å². The van der Waals surface area contributed by atoms with Crippen molar-refractivity contribution in [2.24, 2.45) is 0 Å². The highest BCUT2D eigenvalue weighted by molar-refractivity contribution is 8.00. The lowest BCUT2D eigenvalue weighted by Crippen LogP contribution is -2.20. The highest BCUT2D eigenvalue weighted by atomic mass is 32.2. The Balaban J connectivity index is 2.39. The lowest BCUT2D eigenvalue weighted by molar-refractivity contribution is -0.136. The van der Waals surface area contributed by atoms with Crippen molar-refractivity contribution in [1.82, 2.24) is 4.72 Å². The normalized spacial score (nSPS) is 13.3. The van der Waals surface area contributed by atoms with Gasteiger partial charge in [-0.3, -0.25) is 9.00 Å². The minimum atomic E-state index is -2.31. The minimum Gasteiger partial charge on any atom is -0.760 e. The minimum absolute atomic E-state index is 0.227. The first-order valence-corrected chi connectivity index (χ1v) is 12.9. The molecule has 2 N–H and O–H groups in total. The summed E-state index contributed by atoms with van der Waals surface area (Å²) >= 11 is -1.05. The highest BCUT2D eigenvalue weighted by Gasteiger charge is 2.22. The Bertz CT molecular complexity index is 598. The second-order valence-corrected chi connectivity index (χ2v) is 9.32. The van der Waals surface area contributed by atoms with E-state index >= 15 is 0 Å². The van der Waals surface area contributed by atoms with Crippen molar-refractivity contribution in [1.29, 1.82) is 0 Å². The van der Waals surface area contributed by atoms with Crippen molar-refractivity contribution >= 4 is 29.0 Å². The van der Waals surface area contributed by atoms with Gasteiger partial charge in [0.1, 0.15) is 5.25 Å². The lowest BCUT2D eigenvalue weighted by atomic mass is 9.98. The van der Waals surface area contributed by atoms with Gasteiger partial charge in [-0.15, -0.1) is 11.8 Å². The molecule has 0 heterocycles. The predicted octanol–water partition coefficient (Wildman–Crippen LogP) is 5.39. The van der Waals surface area contributed by atoms with Crippen LogP contribution in [0, 0.1) is 0 Å². The van der Waals surface area contributed by atoms with E-state index in [0.717, 1.165) is 24.0 Å². The summed E-state index contributed by atoms with van der Waals surface area (Å²) in [5, 5.41) is 8.97. The molecule has 0 fully saturated rings. The second kappa shape index (κ2) is 16.9. The molecule has 0 radical (unpaired) electrons. The summed E-state index contributed by atoms with van der Waals surface area (Å²) in [6, 6.07) is 7.74. The zero-order valence-corrected chi connectivity index (χ0v) is 19.2. The molecule has 1 aromatic rings. The number of carboxylic acid groups (broad SMARTS) is 1. The molecule has 0 amide bonds. The van der Waals surface area contributed by atoms with Crippen molar-refractivity contribution in [3.05, 3.63) is 35.4 Å². The summed E-state index contributed by atoms with van der Waals surface area (Å²) in [6.45, 7) is 2.47. The number of aliphatic carboxylic acids is 1. The molecule has 7 heteroatoms. The van der Waals surface area contributed by atoms with E-state index in [4.69, 9.17) is 0 Å². The summed E-state index contributed by atoms with van der Waals surface area (Å²) in [4.78, 5) is 11.8. The van der Waals surface area contributed by atoms with E-state index in [1.807, 2.05) is 24.3 Å². The molecule has 166 valence electrons. The number of carbonyl (C=O) groups is 1. The summed E-state index contributed by atoms with van der Waals surface area (Å²) in [6.07, 6.45) is 13.7. The molecule has 29 heavy (non-hydrogen) atoms. The molecular formula is C22H36NO4S2-. The smallest absolute Gasteiger partial charge is 0.321 e. The van der Waals surface area contributed by atoms with Gasteiger partial charge >= 0.3 is 5.97 Å². The van der Waals surface area contributed by atoms with Crippen LogP contribution in [0.3, 0.4) is 0 Å². The fraction of sp³-hybridized carbons (Fsp3) is 0.682. The highest BCUT2D eigenvalue weighted by Crippen LogP contribution is 2.32. The number of benzene rings is 1. The van der Waals surface area contributed by atoms with Gasteiger partial charge in [-0.25, -0.2) is 4.72 Å². The SMILES string of the molecule is CCCCCCCCCCCCc1ccccc1C(SCCNS(=O)[O-])C(=O)O. The van der Waals surface area contributed by atoms with Crippen LogP contribution in [0.1, 0.15) is 87.5 Å². The van der Waals surface area contributed by atoms with Crippen molar-refractivity contribution < 1.29 is 18.7 Å². The van der Waals surface area contributed by atoms with E-state index in [-0.39, 0.29) is 6.54 Å². The van der Waals surface area contributed by atoms with E-state index in [1.165, 1.54) is 69.5 Å². The third-order valence-corrected chi connectivity index (χ3v) is 6.64. The molecule has 0 bridgehead atoms. The number of hydrogen-bond donors (Lipinski definition) is 2. The molecule has 0 aromatic heterocycles. The quantitative estimate of drug-likeness (QED) is 0.235. The number of aryl methyl sites for hydroxylation is 1. The van der Waals surface area contributed by atoms with Crippen LogP contribution in [0.2, 0.25) is 0 Å². The summed E-state index contributed by atoms with van der Waals surface area (Å²) in [7, 11) is 0. The van der Waals surface area contributed by atoms with Gasteiger partial charge in [0.05, 0.1) is 0 Å². The van der Waals surface area contributed by atoms with Gasteiger partial charge in [-0.1, -0.05) is 89.0 Å². The first-order valence-electron chi connectivity index (χ1n) is 10.8. The van der Waals surface area contributed by atoms with Crippen LogP contribution in [0.5, 0.6) is 0 Å². The van der Waals surface area contributed by atoms with E-state index in [2.05, 4.69) is 11.6 Å². The van der Waals surface area contributed by atoms with E-state index in [1.54, 1.807) is 0 Å². The number of carboxylic acids is 1. The molecule has 5 nitrogen and oxygen atoms in total. The first-order chi connectivity index (χ1) is 14.1. The van der Waals surface area contributed by atoms with Crippen LogP contribution in [-0.4, -0.2) is 32.1 Å². The molecule has 0 saturated carbocycles. The van der Waals surface area contributed by atoms with Crippen molar-refractivity contribution in [2.75, 3.05) is 12.3 Å². The summed E-state index contributed by atoms with van der Waals surface area (Å²) in [5.74, 6) is -0.467. The van der Waals surface area contributed by atoms with Crippen LogP contribution in [-0.2, 0) is 22.5 Å². The van der Waals surface area contributed by atoms with Crippen LogP contribution in [0.4, 0.5) is 0 Å². The van der Waals surface area contributed by atoms with Crippen molar-refractivity contribution in [2.45, 2.75) is 82.8 Å². The molecule has 0 spiro atoms. The number of nitrogens with one attached hydrogen (secondary N) is 1. The Hall–Kier alpha value is -0.890. The Morgan fingerprint density at radius 3 is 2.24 bits per heavy atom. The zero-order chi connectivity index (χ0) is 21.3. The molecule has 2 unspecified atom stereocenters. The maximum atomic E-state index is 11.8. The van der Waals surface area contributed by atoms with Crippen molar-refractivity contribution in [3.8, 4) is 0 Å². The third kappa shape index (κ3) is 12.4. The van der Waals surface area contributed by atoms with Gasteiger partial charge < -0.3 is 9.66 Å². The fourth-order valence-electron chi connectivity index (χ4n) is 3.42. The van der Waals surface area contributed by atoms with E-state index < -0.39 is 22.5 Å². The van der Waals surface area contributed by atoms with Crippen molar-refractivity contribution in [3.63, 3.8) is 0 Å². The maximum absolute atomic E-state index is 11.8. The monoisotopic (exact) mass is 442 g/mol. The Morgan fingerprint density at radius 1 is 1.07 bits per heavy atom. The zero-order valence-electron chi connectivity index (χ0n) is 17.6. The van der Waals surface area contributed by atoms with Gasteiger partial charge in [0.15, 0.2) is 0 Å². The van der Waals surface area contributed by atoms with Gasteiger partial charge in [-0.05, 0) is 24.0 Å². The molecule has 0 aliphatic rings. The fourth-order valence-corrected chi connectivity index (χ4v) is 4.82. The summed E-state index contributed by atoms with van der Waals surface area (Å²) < 4.78 is 23.4. The largest absolute Gasteiger partial charge is 0.760 e. The molecule has 1 rings (SSSR count). The molecular weight excluding hydrogens is 406 g/mol. The predicted molar refractivity (Wildman–Crippen MR) is 122 cm³/mol. The Labute approximate surface area is 182 Å². The first kappa shape index (κ1) is 26.1. The summed E-state index contributed by atoms with van der Waals surface area (Å²) in [5.41, 5.74) is 1.93. The Morgan fingerprint density at radius 2 is 1.66 bits per heavy atom. The van der Waals surface area contributed by atoms with Crippen LogP contribution in [0.25, 0.3) is 0 Å². The maximum Gasteiger partial charge on any atom is 0.321 e. The van der Waals surface area contributed by atoms with Gasteiger partial charge in [0.2, 0.25) is 0 Å². The lowest BCUT2D eigenvalue weighted by Gasteiger charge is -2.17. The molecule has 1 aromatic carbocycles. The number of rotatable bonds is 18. The number of thioether (sulfide) groups is 1. The van der Waals surface area contributed by atoms with Crippen LogP contribution in [0.15, 0.2) is 24.3 Å². The molecule has 0 aliphatic heterocycles. The average molecular weight is 443 g/mol. The standard InChI is InChI=1S/C22H37NO4S2/c1-2-3-4-5-6-7-8-9-10-11-14-19-15-12-13-16-20(19)21(22(24)25)28-18-17-23-29(26)27/h12-13,15-16,21,23H,2-11,14,17-18H2,1H3,(H,24,25)(H,26,27)/p-1.